The Balaban J connectivity index is 1.80. The molecule has 106 valence electrons. The summed E-state index contributed by atoms with van der Waals surface area (Å²) in [5.41, 5.74) is 0.000722. The van der Waals surface area contributed by atoms with Crippen molar-refractivity contribution in [3.05, 3.63) is 42.0 Å². The van der Waals surface area contributed by atoms with Crippen LogP contribution in [0.5, 0.6) is 0 Å². The zero-order valence-corrected chi connectivity index (χ0v) is 11.1. The number of hydrogen-bond acceptors (Lipinski definition) is 4. The van der Waals surface area contributed by atoms with E-state index in [4.69, 9.17) is 0 Å². The SMILES string of the molecule is O=C([O-])c1ccccc1N1C(=O)[C@@H]2[C@H](C1=O)[C@H]1C=C[C@H]2C1. The first-order chi connectivity index (χ1) is 10.1. The van der Waals surface area contributed by atoms with Crippen molar-refractivity contribution in [3.63, 3.8) is 0 Å². The average Bonchev–Trinajstić information content (AvgIpc) is 3.13. The van der Waals surface area contributed by atoms with E-state index in [0.717, 1.165) is 11.3 Å². The normalized spacial score (nSPS) is 32.9. The second-order valence-electron chi connectivity index (χ2n) is 5.82. The third-order valence-electron chi connectivity index (χ3n) is 4.84. The van der Waals surface area contributed by atoms with Gasteiger partial charge in [0.25, 0.3) is 0 Å². The molecule has 0 unspecified atom stereocenters. The highest BCUT2D eigenvalue weighted by Crippen LogP contribution is 2.53. The zero-order valence-electron chi connectivity index (χ0n) is 11.1. The molecule has 2 fully saturated rings. The van der Waals surface area contributed by atoms with Crippen LogP contribution in [-0.4, -0.2) is 17.8 Å². The second-order valence-corrected chi connectivity index (χ2v) is 5.82. The molecule has 21 heavy (non-hydrogen) atoms. The molecule has 2 bridgehead atoms. The van der Waals surface area contributed by atoms with E-state index in [0.29, 0.717) is 0 Å². The quantitative estimate of drug-likeness (QED) is 0.579. The lowest BCUT2D eigenvalue weighted by Crippen LogP contribution is -2.35. The van der Waals surface area contributed by atoms with Crippen molar-refractivity contribution < 1.29 is 19.5 Å². The Hall–Kier alpha value is -2.43. The first-order valence-electron chi connectivity index (χ1n) is 6.96. The van der Waals surface area contributed by atoms with Crippen molar-refractivity contribution in [2.24, 2.45) is 23.7 Å². The van der Waals surface area contributed by atoms with Crippen LogP contribution in [0.1, 0.15) is 16.8 Å². The molecule has 3 aliphatic rings. The number of imide groups is 1. The number of nitrogens with zero attached hydrogens (tertiary/aromatic N) is 1. The molecule has 0 N–H and O–H groups in total. The summed E-state index contributed by atoms with van der Waals surface area (Å²) in [6.07, 6.45) is 4.86. The highest BCUT2D eigenvalue weighted by atomic mass is 16.4. The predicted molar refractivity (Wildman–Crippen MR) is 71.0 cm³/mol. The lowest BCUT2D eigenvalue weighted by Gasteiger charge is -2.20. The Morgan fingerprint density at radius 2 is 1.62 bits per heavy atom. The van der Waals surface area contributed by atoms with Gasteiger partial charge in [0.05, 0.1) is 23.5 Å². The van der Waals surface area contributed by atoms with Crippen LogP contribution in [0, 0.1) is 23.7 Å². The molecule has 1 aromatic carbocycles. The molecular formula is C16H12NO4-. The van der Waals surface area contributed by atoms with Gasteiger partial charge in [0.1, 0.15) is 0 Å². The van der Waals surface area contributed by atoms with Gasteiger partial charge in [0.15, 0.2) is 0 Å². The Kier molecular flexibility index (Phi) is 2.37. The van der Waals surface area contributed by atoms with Crippen molar-refractivity contribution in [1.29, 1.82) is 0 Å². The van der Waals surface area contributed by atoms with Crippen LogP contribution < -0.4 is 10.0 Å². The van der Waals surface area contributed by atoms with Crippen molar-refractivity contribution in [3.8, 4) is 0 Å². The van der Waals surface area contributed by atoms with E-state index in [9.17, 15) is 19.5 Å². The standard InChI is InChI=1S/C16H13NO4/c18-14-12-8-5-6-9(7-8)13(12)15(19)17(14)11-4-2-1-3-10(11)16(20)21/h1-6,8-9,12-13H,7H2,(H,20,21)/p-1/t8-,9-,12-,13+/m0/s1. The predicted octanol–water partition coefficient (Wildman–Crippen LogP) is 0.362. The van der Waals surface area contributed by atoms with Crippen LogP contribution in [0.15, 0.2) is 36.4 Å². The number of rotatable bonds is 2. The number of anilines is 1. The van der Waals surface area contributed by atoms with E-state index in [1.165, 1.54) is 12.1 Å². The van der Waals surface area contributed by atoms with E-state index >= 15 is 0 Å². The first kappa shape index (κ1) is 12.3. The molecule has 5 nitrogen and oxygen atoms in total. The van der Waals surface area contributed by atoms with E-state index in [2.05, 4.69) is 0 Å². The maximum absolute atomic E-state index is 12.6. The van der Waals surface area contributed by atoms with E-state index < -0.39 is 5.97 Å². The van der Waals surface area contributed by atoms with E-state index in [1.54, 1.807) is 12.1 Å². The number of aromatic carboxylic acids is 1. The number of carboxylic acids is 1. The lowest BCUT2D eigenvalue weighted by molar-refractivity contribution is -0.254. The number of carbonyl (C=O) groups is 3. The number of benzene rings is 1. The molecule has 0 aromatic heterocycles. The molecule has 1 aliphatic heterocycles. The molecule has 4 rings (SSSR count). The summed E-state index contributed by atoms with van der Waals surface area (Å²) in [5.74, 6) is -2.40. The van der Waals surface area contributed by atoms with Crippen molar-refractivity contribution in [1.82, 2.24) is 0 Å². The first-order valence-corrected chi connectivity index (χ1v) is 6.96. The maximum Gasteiger partial charge on any atom is 0.238 e. The van der Waals surface area contributed by atoms with Gasteiger partial charge in [-0.3, -0.25) is 9.59 Å². The molecule has 2 amide bonds. The van der Waals surface area contributed by atoms with Crippen LogP contribution in [0.3, 0.4) is 0 Å². The van der Waals surface area contributed by atoms with Crippen molar-refractivity contribution in [2.75, 3.05) is 4.90 Å². The zero-order chi connectivity index (χ0) is 14.7. The summed E-state index contributed by atoms with van der Waals surface area (Å²) in [6, 6.07) is 6.00. The number of hydrogen-bond donors (Lipinski definition) is 0. The summed E-state index contributed by atoms with van der Waals surface area (Å²) in [6.45, 7) is 0. The molecule has 1 saturated heterocycles. The van der Waals surface area contributed by atoms with Gasteiger partial charge in [0.2, 0.25) is 11.8 Å². The Bertz CT molecular complexity index is 678. The number of carbonyl (C=O) groups excluding carboxylic acids is 3. The third-order valence-corrected chi connectivity index (χ3v) is 4.84. The molecule has 0 spiro atoms. The van der Waals surface area contributed by atoms with Gasteiger partial charge in [-0.2, -0.15) is 0 Å². The van der Waals surface area contributed by atoms with Gasteiger partial charge in [-0.25, -0.2) is 4.90 Å². The number of fused-ring (bicyclic) bond motifs is 5. The van der Waals surface area contributed by atoms with Gasteiger partial charge in [0, 0.05) is 5.56 Å². The topological polar surface area (TPSA) is 77.5 Å². The third kappa shape index (κ3) is 1.48. The highest BCUT2D eigenvalue weighted by Gasteiger charge is 2.59. The molecule has 1 saturated carbocycles. The lowest BCUT2D eigenvalue weighted by atomic mass is 9.85. The van der Waals surface area contributed by atoms with Crippen LogP contribution in [0.2, 0.25) is 0 Å². The second kappa shape index (κ2) is 4.04. The number of para-hydroxylation sites is 1. The average molecular weight is 282 g/mol. The summed E-state index contributed by atoms with van der Waals surface area (Å²) in [7, 11) is 0. The van der Waals surface area contributed by atoms with Gasteiger partial charge < -0.3 is 9.90 Å². The molecule has 2 aliphatic carbocycles. The smallest absolute Gasteiger partial charge is 0.238 e. The summed E-state index contributed by atoms with van der Waals surface area (Å²) in [5, 5.41) is 11.2. The minimum Gasteiger partial charge on any atom is -0.545 e. The van der Waals surface area contributed by atoms with Crippen LogP contribution in [0.25, 0.3) is 0 Å². The van der Waals surface area contributed by atoms with Gasteiger partial charge in [-0.05, 0) is 24.3 Å². The van der Waals surface area contributed by atoms with Gasteiger partial charge in [-0.1, -0.05) is 30.4 Å². The molecule has 1 aromatic rings. The summed E-state index contributed by atoms with van der Waals surface area (Å²) >= 11 is 0. The summed E-state index contributed by atoms with van der Waals surface area (Å²) in [4.78, 5) is 37.5. The number of carboxylic acid groups (broad SMARTS) is 1. The molecule has 4 atom stereocenters. The number of allylic oxidation sites excluding steroid dienone is 2. The fraction of sp³-hybridized carbons (Fsp3) is 0.312. The van der Waals surface area contributed by atoms with Crippen molar-refractivity contribution in [2.45, 2.75) is 6.42 Å². The van der Waals surface area contributed by atoms with Gasteiger partial charge in [-0.15, -0.1) is 0 Å². The van der Waals surface area contributed by atoms with Crippen LogP contribution in [0.4, 0.5) is 5.69 Å². The Morgan fingerprint density at radius 1 is 1.05 bits per heavy atom. The van der Waals surface area contributed by atoms with Crippen molar-refractivity contribution >= 4 is 23.5 Å². The highest BCUT2D eigenvalue weighted by molar-refractivity contribution is 6.24. The largest absolute Gasteiger partial charge is 0.545 e. The van der Waals surface area contributed by atoms with E-state index in [1.807, 2.05) is 12.2 Å². The fourth-order valence-corrected chi connectivity index (χ4v) is 3.98. The molecule has 5 heteroatoms. The maximum atomic E-state index is 12.6. The van der Waals surface area contributed by atoms with Crippen LogP contribution >= 0.6 is 0 Å². The minimum atomic E-state index is -1.38. The van der Waals surface area contributed by atoms with Crippen LogP contribution in [-0.2, 0) is 9.59 Å². The molecule has 0 radical (unpaired) electrons. The Morgan fingerprint density at radius 3 is 2.19 bits per heavy atom. The fourth-order valence-electron chi connectivity index (χ4n) is 3.98. The van der Waals surface area contributed by atoms with E-state index in [-0.39, 0.29) is 46.7 Å². The molecule has 1 heterocycles. The summed E-state index contributed by atoms with van der Waals surface area (Å²) < 4.78 is 0. The molecular weight excluding hydrogens is 270 g/mol. The number of amides is 2. The van der Waals surface area contributed by atoms with Gasteiger partial charge >= 0.3 is 0 Å². The Labute approximate surface area is 120 Å². The minimum absolute atomic E-state index is 0.108. The monoisotopic (exact) mass is 282 g/mol.